The van der Waals surface area contributed by atoms with E-state index in [1.807, 2.05) is 0 Å². The highest BCUT2D eigenvalue weighted by Gasteiger charge is 2.26. The number of aliphatic imine (C=N–C) groups is 5. The topological polar surface area (TPSA) is 242 Å². The standard InChI is InChI=1S/C22H34N2O6.C20H29N3O5.2C6H14/c1-30-22(29)14-10-5-3-2-4-9-13-20(27)19(21(28)16-24-18-26)12-8-6-7-11-15-23-17-25;24-15-21-12-8-4-1-2-7-11-19(27)18(20(28)14-23-17-26)10-6-3-5-9-13-22-16-25;2*1-3-5-6-4-2/h19H,2-16H2,1H3;18H,1-14H2;2*3-6H2,1-2H3. The summed E-state index contributed by atoms with van der Waals surface area (Å²) in [5.41, 5.74) is 0. The van der Waals surface area contributed by atoms with Crippen LogP contribution in [0, 0.1) is 11.8 Å². The van der Waals surface area contributed by atoms with Crippen LogP contribution in [0.2, 0.25) is 0 Å². The second-order valence-corrected chi connectivity index (χ2v) is 17.2. The minimum absolute atomic E-state index is 0.0858. The number of esters is 1. The zero-order valence-electron chi connectivity index (χ0n) is 44.0. The first kappa shape index (κ1) is 71.6. The van der Waals surface area contributed by atoms with Gasteiger partial charge >= 0.3 is 5.97 Å². The maximum atomic E-state index is 12.5. The molecule has 70 heavy (non-hydrogen) atoms. The van der Waals surface area contributed by atoms with Gasteiger partial charge in [-0.15, -0.1) is 0 Å². The van der Waals surface area contributed by atoms with Gasteiger partial charge in [-0.3, -0.25) is 24.0 Å². The van der Waals surface area contributed by atoms with Crippen LogP contribution >= 0.6 is 0 Å². The van der Waals surface area contributed by atoms with Crippen molar-refractivity contribution in [1.82, 2.24) is 0 Å². The second-order valence-electron chi connectivity index (χ2n) is 17.2. The summed E-state index contributed by atoms with van der Waals surface area (Å²) < 4.78 is 4.59. The van der Waals surface area contributed by atoms with Crippen molar-refractivity contribution in [3.8, 4) is 0 Å². The molecule has 0 aromatic heterocycles. The van der Waals surface area contributed by atoms with Crippen molar-refractivity contribution in [1.29, 1.82) is 0 Å². The third-order valence-corrected chi connectivity index (χ3v) is 11.3. The highest BCUT2D eigenvalue weighted by Crippen LogP contribution is 2.19. The van der Waals surface area contributed by atoms with Crippen LogP contribution in [0.25, 0.3) is 0 Å². The molecule has 0 aliphatic rings. The van der Waals surface area contributed by atoms with Crippen LogP contribution in [0.15, 0.2) is 25.0 Å². The van der Waals surface area contributed by atoms with E-state index in [0.717, 1.165) is 116 Å². The highest BCUT2D eigenvalue weighted by molar-refractivity contribution is 6.04. The van der Waals surface area contributed by atoms with E-state index in [9.17, 15) is 47.9 Å². The first-order valence-electron chi connectivity index (χ1n) is 26.4. The van der Waals surface area contributed by atoms with Crippen LogP contribution in [-0.4, -0.2) is 99.3 Å². The Labute approximate surface area is 420 Å². The third-order valence-electron chi connectivity index (χ3n) is 11.3. The summed E-state index contributed by atoms with van der Waals surface area (Å²) in [4.78, 5) is 128. The van der Waals surface area contributed by atoms with Crippen molar-refractivity contribution in [2.24, 2.45) is 36.8 Å². The Morgan fingerprint density at radius 3 is 0.900 bits per heavy atom. The van der Waals surface area contributed by atoms with Gasteiger partial charge in [0.1, 0.15) is 24.7 Å². The van der Waals surface area contributed by atoms with Gasteiger partial charge < -0.3 is 4.74 Å². The Hall–Kier alpha value is -4.95. The van der Waals surface area contributed by atoms with Crippen molar-refractivity contribution in [3.63, 3.8) is 0 Å². The van der Waals surface area contributed by atoms with Crippen molar-refractivity contribution < 1.29 is 52.7 Å². The van der Waals surface area contributed by atoms with Crippen LogP contribution < -0.4 is 0 Å². The smallest absolute Gasteiger partial charge is 0.305 e. The molecule has 0 saturated carbocycles. The van der Waals surface area contributed by atoms with E-state index in [2.05, 4.69) is 57.4 Å². The van der Waals surface area contributed by atoms with Gasteiger partial charge in [0.2, 0.25) is 30.4 Å². The normalized spacial score (nSPS) is 10.6. The Morgan fingerprint density at radius 1 is 0.343 bits per heavy atom. The van der Waals surface area contributed by atoms with Crippen LogP contribution in [0.1, 0.15) is 233 Å². The number of rotatable bonds is 45. The van der Waals surface area contributed by atoms with Crippen molar-refractivity contribution in [3.05, 3.63) is 0 Å². The maximum absolute atomic E-state index is 12.5. The van der Waals surface area contributed by atoms with Gasteiger partial charge in [-0.2, -0.15) is 9.98 Å². The fourth-order valence-corrected chi connectivity index (χ4v) is 7.11. The summed E-state index contributed by atoms with van der Waals surface area (Å²) in [7, 11) is 1.38. The number of hydrogen-bond donors (Lipinski definition) is 0. The summed E-state index contributed by atoms with van der Waals surface area (Å²) in [6.45, 7) is 9.70. The van der Waals surface area contributed by atoms with Crippen molar-refractivity contribution >= 4 is 59.5 Å². The Balaban J connectivity index is -0.000000503. The lowest BCUT2D eigenvalue weighted by Gasteiger charge is -2.13. The Morgan fingerprint density at radius 2 is 0.614 bits per heavy atom. The molecule has 2 unspecified atom stereocenters. The maximum Gasteiger partial charge on any atom is 0.305 e. The van der Waals surface area contributed by atoms with Crippen molar-refractivity contribution in [2.75, 3.05) is 39.8 Å². The molecule has 0 N–H and O–H groups in total. The number of nitrogens with zero attached hydrogens (tertiary/aromatic N) is 5. The molecule has 0 saturated heterocycles. The fourth-order valence-electron chi connectivity index (χ4n) is 7.11. The molecule has 398 valence electrons. The van der Waals surface area contributed by atoms with E-state index in [1.54, 1.807) is 0 Å². The van der Waals surface area contributed by atoms with Gasteiger partial charge in [0, 0.05) is 19.3 Å². The van der Waals surface area contributed by atoms with Crippen LogP contribution in [-0.2, 0) is 52.7 Å². The monoisotopic (exact) mass is 986 g/mol. The first-order valence-corrected chi connectivity index (χ1v) is 26.4. The average molecular weight is 986 g/mol. The second kappa shape index (κ2) is 62.1. The molecule has 0 heterocycles. The quantitative estimate of drug-likeness (QED) is 0.0183. The lowest BCUT2D eigenvalue weighted by atomic mass is 9.89. The molecule has 0 aromatic rings. The Kier molecular flexibility index (Phi) is 63.5. The fraction of sp³-hybridized carbons (Fsp3) is 0.815. The molecule has 0 bridgehead atoms. The molecule has 16 nitrogen and oxygen atoms in total. The SMILES string of the molecule is CCCCCC.CCCCCC.COC(=O)CCCCCCCCC(=O)C(CCCCCCN=C=O)C(=O)CN=C=O.O=C=NCCCCCCCC(=O)C(CCCCCCN=C=O)C(=O)CN=C=O. The molecule has 0 aromatic carbocycles. The number of Topliss-reactive ketones (excluding diaryl/α,β-unsaturated/α-hetero) is 4. The molecule has 0 radical (unpaired) electrons. The summed E-state index contributed by atoms with van der Waals surface area (Å²) in [5, 5.41) is 0. The van der Waals surface area contributed by atoms with Crippen molar-refractivity contribution in [2.45, 2.75) is 233 Å². The minimum atomic E-state index is -0.716. The van der Waals surface area contributed by atoms with Crippen LogP contribution in [0.4, 0.5) is 0 Å². The summed E-state index contributed by atoms with van der Waals surface area (Å²) in [6, 6.07) is 0. The first-order chi connectivity index (χ1) is 34.1. The lowest BCUT2D eigenvalue weighted by molar-refractivity contribution is -0.141. The third kappa shape index (κ3) is 55.6. The molecule has 0 fully saturated rings. The van der Waals surface area contributed by atoms with E-state index in [1.165, 1.54) is 88.9 Å². The number of carbonyl (C=O) groups is 5. The van der Waals surface area contributed by atoms with E-state index < -0.39 is 11.8 Å². The number of carbonyl (C=O) groups excluding carboxylic acids is 10. The predicted octanol–water partition coefficient (Wildman–Crippen LogP) is 11.9. The zero-order valence-corrected chi connectivity index (χ0v) is 44.0. The predicted molar refractivity (Wildman–Crippen MR) is 274 cm³/mol. The number of ether oxygens (including phenoxy) is 1. The number of unbranched alkanes of at least 4 members (excludes halogenated alkanes) is 21. The average Bonchev–Trinajstić information content (AvgIpc) is 3.37. The number of methoxy groups -OCH3 is 1. The molecule has 16 heteroatoms. The van der Waals surface area contributed by atoms with Gasteiger partial charge in [0.25, 0.3) is 0 Å². The molecular formula is C54H91N5O11. The number of ketones is 4. The van der Waals surface area contributed by atoms with Gasteiger partial charge in [0.15, 0.2) is 11.6 Å². The zero-order chi connectivity index (χ0) is 53.0. The van der Waals surface area contributed by atoms with Gasteiger partial charge in [-0.05, 0) is 51.4 Å². The van der Waals surface area contributed by atoms with E-state index >= 15 is 0 Å². The number of hydrogen-bond acceptors (Lipinski definition) is 16. The van der Waals surface area contributed by atoms with Gasteiger partial charge in [-0.1, -0.05) is 163 Å². The molecule has 0 spiro atoms. The molecule has 0 rings (SSSR count). The van der Waals surface area contributed by atoms with E-state index in [4.69, 9.17) is 0 Å². The van der Waals surface area contributed by atoms with E-state index in [-0.39, 0.29) is 42.2 Å². The molecular weight excluding hydrogens is 895 g/mol. The minimum Gasteiger partial charge on any atom is -0.469 e. The van der Waals surface area contributed by atoms with Crippen LogP contribution in [0.5, 0.6) is 0 Å². The largest absolute Gasteiger partial charge is 0.469 e. The molecule has 0 amide bonds. The summed E-state index contributed by atoms with van der Waals surface area (Å²) >= 11 is 0. The summed E-state index contributed by atoms with van der Waals surface area (Å²) in [5.74, 6) is -2.45. The Bertz CT molecular complexity index is 1540. The van der Waals surface area contributed by atoms with Crippen LogP contribution in [0.3, 0.4) is 0 Å². The lowest BCUT2D eigenvalue weighted by Crippen LogP contribution is -2.26. The van der Waals surface area contributed by atoms with E-state index in [0.29, 0.717) is 58.2 Å². The molecule has 2 atom stereocenters. The molecule has 0 aliphatic heterocycles. The summed E-state index contributed by atoms with van der Waals surface area (Å²) in [6.07, 6.45) is 36.3. The van der Waals surface area contributed by atoms with Gasteiger partial charge in [0.05, 0.1) is 38.6 Å². The number of isocyanates is 5. The molecule has 0 aliphatic carbocycles. The van der Waals surface area contributed by atoms with Gasteiger partial charge in [-0.25, -0.2) is 38.9 Å². The highest BCUT2D eigenvalue weighted by atomic mass is 16.5.